The first kappa shape index (κ1) is 8.74. The second-order valence-corrected chi connectivity index (χ2v) is 2.91. The number of hydrogen-bond donors (Lipinski definition) is 1. The van der Waals surface area contributed by atoms with Crippen molar-refractivity contribution in [3.8, 4) is 5.95 Å². The van der Waals surface area contributed by atoms with Gasteiger partial charge in [-0.15, -0.1) is 5.10 Å². The average Bonchev–Trinajstić information content (AvgIpc) is 2.75. The zero-order valence-electron chi connectivity index (χ0n) is 7.89. The Kier molecular flexibility index (Phi) is 2.18. The van der Waals surface area contributed by atoms with Gasteiger partial charge in [0.1, 0.15) is 5.76 Å². The fraction of sp³-hybridized carbons (Fsp3) is 0.375. The topological polar surface area (TPSA) is 76.8 Å². The number of nitrogens with zero attached hydrogens (tertiary/aromatic N) is 3. The number of aryl methyl sites for hydroxylation is 1. The first-order chi connectivity index (χ1) is 6.75. The van der Waals surface area contributed by atoms with E-state index in [-0.39, 0.29) is 6.10 Å². The van der Waals surface area contributed by atoms with Crippen LogP contribution in [0.3, 0.4) is 0 Å². The molecular formula is C8H10N4O2. The largest absolute Gasteiger partial charge is 0.454 e. The van der Waals surface area contributed by atoms with Gasteiger partial charge in [0.2, 0.25) is 0 Å². The molecule has 2 heterocycles. The minimum Gasteiger partial charge on any atom is -0.454 e. The van der Waals surface area contributed by atoms with Gasteiger partial charge in [0.25, 0.3) is 5.95 Å². The van der Waals surface area contributed by atoms with Crippen LogP contribution in [0.4, 0.5) is 0 Å². The van der Waals surface area contributed by atoms with E-state index in [1.807, 2.05) is 19.9 Å². The molecule has 0 aliphatic heterocycles. The molecule has 1 N–H and O–H groups in total. The Morgan fingerprint density at radius 1 is 1.50 bits per heavy atom. The maximum absolute atomic E-state index is 5.44. The molecule has 0 saturated carbocycles. The summed E-state index contributed by atoms with van der Waals surface area (Å²) >= 11 is 0. The number of rotatable bonds is 3. The molecule has 6 nitrogen and oxygen atoms in total. The summed E-state index contributed by atoms with van der Waals surface area (Å²) in [5.74, 6) is 1.84. The molecule has 0 aliphatic rings. The molecule has 0 aliphatic carbocycles. The lowest BCUT2D eigenvalue weighted by Crippen LogP contribution is -2.04. The van der Waals surface area contributed by atoms with Gasteiger partial charge in [-0.2, -0.15) is 0 Å². The molecule has 0 fully saturated rings. The van der Waals surface area contributed by atoms with Crippen molar-refractivity contribution in [3.63, 3.8) is 0 Å². The molecule has 2 rings (SSSR count). The Bertz CT molecular complexity index is 395. The summed E-state index contributed by atoms with van der Waals surface area (Å²) in [6, 6.07) is 3.59. The molecular weight excluding hydrogens is 184 g/mol. The Morgan fingerprint density at radius 3 is 2.93 bits per heavy atom. The maximum Gasteiger partial charge on any atom is 0.285 e. The van der Waals surface area contributed by atoms with Gasteiger partial charge in [-0.05, 0) is 30.3 Å². The molecule has 0 bridgehead atoms. The number of nitrogens with one attached hydrogen (secondary N) is 1. The van der Waals surface area contributed by atoms with Crippen molar-refractivity contribution in [2.24, 2.45) is 0 Å². The van der Waals surface area contributed by atoms with Gasteiger partial charge in [-0.25, -0.2) is 5.10 Å². The van der Waals surface area contributed by atoms with Crippen molar-refractivity contribution in [2.75, 3.05) is 0 Å². The third kappa shape index (κ3) is 1.73. The van der Waals surface area contributed by atoms with E-state index in [0.717, 1.165) is 5.76 Å². The standard InChI is InChI=1S/C8H10N4O2/c1-5-3-4-7(13-5)14-6(2)8-9-11-12-10-8/h3-4,6H,1-2H3,(H,9,10,11,12). The van der Waals surface area contributed by atoms with Crippen LogP contribution < -0.4 is 4.74 Å². The van der Waals surface area contributed by atoms with Crippen LogP contribution >= 0.6 is 0 Å². The van der Waals surface area contributed by atoms with Crippen molar-refractivity contribution in [3.05, 3.63) is 23.7 Å². The number of aromatic nitrogens is 4. The summed E-state index contributed by atoms with van der Waals surface area (Å²) < 4.78 is 10.7. The predicted octanol–water partition coefficient (Wildman–Crippen LogP) is 1.24. The lowest BCUT2D eigenvalue weighted by molar-refractivity contribution is 0.163. The lowest BCUT2D eigenvalue weighted by atomic mass is 10.4. The molecule has 1 atom stereocenters. The zero-order chi connectivity index (χ0) is 9.97. The van der Waals surface area contributed by atoms with Crippen LogP contribution in [0.5, 0.6) is 5.95 Å². The van der Waals surface area contributed by atoms with Crippen LogP contribution in [0, 0.1) is 6.92 Å². The number of hydrogen-bond acceptors (Lipinski definition) is 5. The average molecular weight is 194 g/mol. The van der Waals surface area contributed by atoms with Gasteiger partial charge in [-0.3, -0.25) is 0 Å². The summed E-state index contributed by atoms with van der Waals surface area (Å²) in [6.45, 7) is 3.69. The van der Waals surface area contributed by atoms with Crippen molar-refractivity contribution in [1.82, 2.24) is 20.6 Å². The molecule has 0 amide bonds. The fourth-order valence-electron chi connectivity index (χ4n) is 1.04. The smallest absolute Gasteiger partial charge is 0.285 e. The SMILES string of the molecule is Cc1ccc(OC(C)c2nnn[nH]2)o1. The normalized spacial score (nSPS) is 12.7. The van der Waals surface area contributed by atoms with Crippen LogP contribution in [-0.4, -0.2) is 20.6 Å². The van der Waals surface area contributed by atoms with E-state index in [1.165, 1.54) is 0 Å². The second-order valence-electron chi connectivity index (χ2n) is 2.91. The van der Waals surface area contributed by atoms with Crippen molar-refractivity contribution >= 4 is 0 Å². The van der Waals surface area contributed by atoms with Crippen LogP contribution in [0.1, 0.15) is 24.6 Å². The molecule has 0 radical (unpaired) electrons. The van der Waals surface area contributed by atoms with Gasteiger partial charge in [0.05, 0.1) is 0 Å². The van der Waals surface area contributed by atoms with Crippen LogP contribution in [-0.2, 0) is 0 Å². The van der Waals surface area contributed by atoms with Crippen molar-refractivity contribution in [1.29, 1.82) is 0 Å². The molecule has 74 valence electrons. The first-order valence-corrected chi connectivity index (χ1v) is 4.22. The highest BCUT2D eigenvalue weighted by atomic mass is 16.6. The summed E-state index contributed by atoms with van der Waals surface area (Å²) in [5.41, 5.74) is 0. The second kappa shape index (κ2) is 3.49. The van der Waals surface area contributed by atoms with E-state index in [4.69, 9.17) is 9.15 Å². The molecule has 0 spiro atoms. The van der Waals surface area contributed by atoms with E-state index in [9.17, 15) is 0 Å². The Balaban J connectivity index is 2.05. The molecule has 0 saturated heterocycles. The van der Waals surface area contributed by atoms with Crippen molar-refractivity contribution < 1.29 is 9.15 Å². The van der Waals surface area contributed by atoms with E-state index in [2.05, 4.69) is 20.6 Å². The summed E-state index contributed by atoms with van der Waals surface area (Å²) in [6.07, 6.45) is -0.254. The quantitative estimate of drug-likeness (QED) is 0.795. The van der Waals surface area contributed by atoms with Crippen LogP contribution in [0.2, 0.25) is 0 Å². The van der Waals surface area contributed by atoms with E-state index < -0.39 is 0 Å². The third-order valence-corrected chi connectivity index (χ3v) is 1.76. The number of tetrazole rings is 1. The Hall–Kier alpha value is -1.85. The number of aromatic amines is 1. The number of furan rings is 1. The third-order valence-electron chi connectivity index (χ3n) is 1.76. The van der Waals surface area contributed by atoms with Gasteiger partial charge in [0.15, 0.2) is 11.9 Å². The molecule has 14 heavy (non-hydrogen) atoms. The van der Waals surface area contributed by atoms with Gasteiger partial charge in [-0.1, -0.05) is 0 Å². The van der Waals surface area contributed by atoms with Gasteiger partial charge >= 0.3 is 0 Å². The van der Waals surface area contributed by atoms with Crippen molar-refractivity contribution in [2.45, 2.75) is 20.0 Å². The first-order valence-electron chi connectivity index (χ1n) is 4.22. The van der Waals surface area contributed by atoms with Gasteiger partial charge < -0.3 is 9.15 Å². The highest BCUT2D eigenvalue weighted by Gasteiger charge is 2.12. The summed E-state index contributed by atoms with van der Waals surface area (Å²) in [4.78, 5) is 0. The summed E-state index contributed by atoms with van der Waals surface area (Å²) in [7, 11) is 0. The highest BCUT2D eigenvalue weighted by Crippen LogP contribution is 2.20. The van der Waals surface area contributed by atoms with E-state index in [0.29, 0.717) is 11.8 Å². The molecule has 1 unspecified atom stereocenters. The minimum absolute atomic E-state index is 0.254. The molecule has 2 aromatic rings. The minimum atomic E-state index is -0.254. The number of H-pyrrole nitrogens is 1. The highest BCUT2D eigenvalue weighted by molar-refractivity contribution is 5.11. The lowest BCUT2D eigenvalue weighted by Gasteiger charge is -2.07. The van der Waals surface area contributed by atoms with E-state index >= 15 is 0 Å². The summed E-state index contributed by atoms with van der Waals surface area (Å²) in [5, 5.41) is 13.3. The van der Waals surface area contributed by atoms with Gasteiger partial charge in [0, 0.05) is 6.07 Å². The Labute approximate surface area is 80.3 Å². The molecule has 0 aromatic carbocycles. The fourth-order valence-corrected chi connectivity index (χ4v) is 1.04. The van der Waals surface area contributed by atoms with E-state index in [1.54, 1.807) is 6.07 Å². The monoisotopic (exact) mass is 194 g/mol. The predicted molar refractivity (Wildman–Crippen MR) is 46.7 cm³/mol. The van der Waals surface area contributed by atoms with Crippen LogP contribution in [0.15, 0.2) is 16.5 Å². The Morgan fingerprint density at radius 2 is 2.36 bits per heavy atom. The molecule has 6 heteroatoms. The van der Waals surface area contributed by atoms with Crippen LogP contribution in [0.25, 0.3) is 0 Å². The maximum atomic E-state index is 5.44. The zero-order valence-corrected chi connectivity index (χ0v) is 7.89. The number of ether oxygens (including phenoxy) is 1. The molecule has 2 aromatic heterocycles.